The molecule has 0 spiro atoms. The van der Waals surface area contributed by atoms with Gasteiger partial charge >= 0.3 is 5.69 Å². The Bertz CT molecular complexity index is 1650. The van der Waals surface area contributed by atoms with Crippen molar-refractivity contribution in [3.8, 4) is 5.69 Å². The van der Waals surface area contributed by atoms with Crippen LogP contribution >= 0.6 is 22.9 Å². The summed E-state index contributed by atoms with van der Waals surface area (Å²) in [5, 5.41) is 3.22. The molecule has 10 heteroatoms. The van der Waals surface area contributed by atoms with E-state index in [1.807, 2.05) is 26.0 Å². The minimum atomic E-state index is -0.721. The lowest BCUT2D eigenvalue weighted by Gasteiger charge is -2.14. The van der Waals surface area contributed by atoms with Crippen LogP contribution in [-0.4, -0.2) is 39.9 Å². The number of hydrogen-bond donors (Lipinski definition) is 1. The number of aromatic nitrogens is 2. The van der Waals surface area contributed by atoms with E-state index in [1.54, 1.807) is 51.4 Å². The number of hydrogen-bond acceptors (Lipinski definition) is 5. The Morgan fingerprint density at radius 2 is 1.72 bits per heavy atom. The molecular formula is C26H25ClN4O4S. The van der Waals surface area contributed by atoms with Crippen LogP contribution < -0.4 is 16.6 Å². The molecule has 2 aromatic carbocycles. The van der Waals surface area contributed by atoms with Crippen molar-refractivity contribution in [3.05, 3.63) is 89.9 Å². The molecular weight excluding hydrogens is 500 g/mol. The predicted molar refractivity (Wildman–Crippen MR) is 144 cm³/mol. The van der Waals surface area contributed by atoms with Gasteiger partial charge in [0.25, 0.3) is 11.5 Å². The van der Waals surface area contributed by atoms with Gasteiger partial charge in [-0.3, -0.25) is 19.0 Å². The van der Waals surface area contributed by atoms with Gasteiger partial charge in [-0.1, -0.05) is 29.8 Å². The van der Waals surface area contributed by atoms with Crippen molar-refractivity contribution < 1.29 is 9.59 Å². The first-order valence-corrected chi connectivity index (χ1v) is 12.3. The number of nitrogens with zero attached hydrogens (tertiary/aromatic N) is 3. The number of thiophene rings is 1. The number of carbonyl (C=O) groups excluding carboxylic acids is 2. The van der Waals surface area contributed by atoms with Gasteiger partial charge in [0.2, 0.25) is 5.91 Å². The molecule has 0 radical (unpaired) electrons. The topological polar surface area (TPSA) is 93.4 Å². The molecule has 0 fully saturated rings. The van der Waals surface area contributed by atoms with Gasteiger partial charge in [-0.05, 0) is 61.7 Å². The van der Waals surface area contributed by atoms with E-state index in [0.717, 1.165) is 27.0 Å². The third-order valence-corrected chi connectivity index (χ3v) is 7.62. The van der Waals surface area contributed by atoms with Crippen molar-refractivity contribution in [2.75, 3.05) is 19.4 Å². The summed E-state index contributed by atoms with van der Waals surface area (Å²) in [6, 6.07) is 12.0. The number of amides is 2. The van der Waals surface area contributed by atoms with E-state index >= 15 is 0 Å². The molecule has 8 nitrogen and oxygen atoms in total. The average Bonchev–Trinajstić information content (AvgIpc) is 3.17. The molecule has 0 atom stereocenters. The van der Waals surface area contributed by atoms with Crippen LogP contribution in [0.15, 0.2) is 52.1 Å². The van der Waals surface area contributed by atoms with E-state index in [9.17, 15) is 19.2 Å². The number of halogens is 1. The zero-order valence-corrected chi connectivity index (χ0v) is 22.1. The second kappa shape index (κ2) is 9.75. The van der Waals surface area contributed by atoms with Gasteiger partial charge in [-0.2, -0.15) is 0 Å². The first kappa shape index (κ1) is 25.4. The van der Waals surface area contributed by atoms with Crippen LogP contribution in [0.1, 0.15) is 26.4 Å². The third kappa shape index (κ3) is 4.47. The van der Waals surface area contributed by atoms with Gasteiger partial charge in [0.15, 0.2) is 0 Å². The zero-order chi connectivity index (χ0) is 26.3. The van der Waals surface area contributed by atoms with E-state index < -0.39 is 17.2 Å². The van der Waals surface area contributed by atoms with Crippen molar-refractivity contribution in [2.45, 2.75) is 27.3 Å². The average molecular weight is 525 g/mol. The first-order valence-electron chi connectivity index (χ1n) is 11.1. The smallest absolute Gasteiger partial charge is 0.337 e. The van der Waals surface area contributed by atoms with Gasteiger partial charge in [0, 0.05) is 19.8 Å². The molecule has 0 saturated carbocycles. The van der Waals surface area contributed by atoms with Gasteiger partial charge < -0.3 is 10.2 Å². The highest BCUT2D eigenvalue weighted by molar-refractivity contribution is 7.20. The molecule has 4 aromatic rings. The number of benzene rings is 2. The molecule has 0 aliphatic rings. The molecule has 0 unspecified atom stereocenters. The Kier molecular flexibility index (Phi) is 6.88. The van der Waals surface area contributed by atoms with Crippen LogP contribution in [-0.2, 0) is 11.3 Å². The highest BCUT2D eigenvalue weighted by atomic mass is 35.5. The number of rotatable bonds is 5. The standard InChI is InChI=1S/C26H25ClN4O4S/c1-14-10-11-17(12-15(14)2)28-20(32)13-30-25-21(16(3)22(36-25)24(34)29(4)5)23(33)31(26(30)35)19-9-7-6-8-18(19)27/h6-12H,13H2,1-5H3,(H,28,32). The lowest BCUT2D eigenvalue weighted by molar-refractivity contribution is -0.116. The molecule has 1 N–H and O–H groups in total. The van der Waals surface area contributed by atoms with Crippen molar-refractivity contribution in [1.29, 1.82) is 0 Å². The summed E-state index contributed by atoms with van der Waals surface area (Å²) in [5.74, 6) is -0.742. The maximum atomic E-state index is 13.7. The summed E-state index contributed by atoms with van der Waals surface area (Å²) in [6.45, 7) is 5.22. The molecule has 186 valence electrons. The molecule has 0 bridgehead atoms. The Balaban J connectivity index is 1.93. The second-order valence-electron chi connectivity index (χ2n) is 8.74. The summed E-state index contributed by atoms with van der Waals surface area (Å²) in [5.41, 5.74) is 2.03. The quantitative estimate of drug-likeness (QED) is 0.425. The molecule has 2 aromatic heterocycles. The van der Waals surface area contributed by atoms with Crippen molar-refractivity contribution in [2.24, 2.45) is 0 Å². The maximum Gasteiger partial charge on any atom is 0.337 e. The third-order valence-electron chi connectivity index (χ3n) is 6.00. The summed E-state index contributed by atoms with van der Waals surface area (Å²) >= 11 is 7.36. The molecule has 4 rings (SSSR count). The Morgan fingerprint density at radius 3 is 2.36 bits per heavy atom. The van der Waals surface area contributed by atoms with E-state index in [0.29, 0.717) is 16.1 Å². The lowest BCUT2D eigenvalue weighted by atomic mass is 10.1. The monoisotopic (exact) mass is 524 g/mol. The van der Waals surface area contributed by atoms with E-state index in [2.05, 4.69) is 5.32 Å². The number of nitrogens with one attached hydrogen (secondary N) is 1. The Hall–Kier alpha value is -3.69. The molecule has 0 saturated heterocycles. The Labute approximate surface area is 216 Å². The minimum Gasteiger partial charge on any atom is -0.344 e. The second-order valence-corrected chi connectivity index (χ2v) is 10.2. The molecule has 2 amide bonds. The van der Waals surface area contributed by atoms with Crippen molar-refractivity contribution in [3.63, 3.8) is 0 Å². The molecule has 2 heterocycles. The van der Waals surface area contributed by atoms with Crippen LogP contribution in [0.4, 0.5) is 5.69 Å². The largest absolute Gasteiger partial charge is 0.344 e. The number of para-hydroxylation sites is 1. The van der Waals surface area contributed by atoms with Crippen molar-refractivity contribution >= 4 is 50.7 Å². The van der Waals surface area contributed by atoms with Crippen LogP contribution in [0, 0.1) is 20.8 Å². The number of carbonyl (C=O) groups is 2. The van der Waals surface area contributed by atoms with Gasteiger partial charge in [-0.25, -0.2) is 9.36 Å². The minimum absolute atomic E-state index is 0.198. The highest BCUT2D eigenvalue weighted by Gasteiger charge is 2.25. The van der Waals surface area contributed by atoms with Gasteiger partial charge in [0.05, 0.1) is 21.0 Å². The first-order chi connectivity index (χ1) is 17.0. The molecule has 0 aliphatic carbocycles. The Morgan fingerprint density at radius 1 is 1.03 bits per heavy atom. The number of anilines is 1. The fourth-order valence-electron chi connectivity index (χ4n) is 3.90. The highest BCUT2D eigenvalue weighted by Crippen LogP contribution is 2.29. The van der Waals surface area contributed by atoms with Crippen LogP contribution in [0.25, 0.3) is 15.9 Å². The normalized spacial score (nSPS) is 11.1. The van der Waals surface area contributed by atoms with Gasteiger partial charge in [-0.15, -0.1) is 11.3 Å². The summed E-state index contributed by atoms with van der Waals surface area (Å²) in [4.78, 5) is 55.1. The SMILES string of the molecule is Cc1ccc(NC(=O)Cn2c(=O)n(-c3ccccc3Cl)c(=O)c3c(C)c(C(=O)N(C)C)sc32)cc1C. The van der Waals surface area contributed by atoms with E-state index in [1.165, 1.54) is 9.47 Å². The number of fused-ring (bicyclic) bond motifs is 1. The fraction of sp³-hybridized carbons (Fsp3) is 0.231. The summed E-state index contributed by atoms with van der Waals surface area (Å²) in [6.07, 6.45) is 0. The van der Waals surface area contributed by atoms with Crippen LogP contribution in [0.2, 0.25) is 5.02 Å². The predicted octanol–water partition coefficient (Wildman–Crippen LogP) is 4.13. The number of aryl methyl sites for hydroxylation is 3. The van der Waals surface area contributed by atoms with E-state index in [-0.39, 0.29) is 33.4 Å². The lowest BCUT2D eigenvalue weighted by Crippen LogP contribution is -2.40. The summed E-state index contributed by atoms with van der Waals surface area (Å²) in [7, 11) is 3.22. The van der Waals surface area contributed by atoms with Gasteiger partial charge in [0.1, 0.15) is 11.4 Å². The summed E-state index contributed by atoms with van der Waals surface area (Å²) < 4.78 is 2.18. The maximum absolute atomic E-state index is 13.7. The molecule has 36 heavy (non-hydrogen) atoms. The van der Waals surface area contributed by atoms with Crippen LogP contribution in [0.5, 0.6) is 0 Å². The zero-order valence-electron chi connectivity index (χ0n) is 20.5. The fourth-order valence-corrected chi connectivity index (χ4v) is 5.44. The van der Waals surface area contributed by atoms with E-state index in [4.69, 9.17) is 11.6 Å². The molecule has 0 aliphatic heterocycles. The van der Waals surface area contributed by atoms with Crippen molar-refractivity contribution in [1.82, 2.24) is 14.0 Å². The van der Waals surface area contributed by atoms with Crippen LogP contribution in [0.3, 0.4) is 0 Å².